The summed E-state index contributed by atoms with van der Waals surface area (Å²) >= 11 is 5.97. The molecule has 8 nitrogen and oxygen atoms in total. The summed E-state index contributed by atoms with van der Waals surface area (Å²) in [6.45, 7) is 3.93. The first kappa shape index (κ1) is 23.5. The number of nitrogens with two attached hydrogens (primary N) is 1. The Balaban J connectivity index is 1.92. The number of carbonyl (C=O) groups excluding carboxylic acids is 1. The molecule has 0 radical (unpaired) electrons. The molecule has 1 amide bonds. The summed E-state index contributed by atoms with van der Waals surface area (Å²) in [5.74, 6) is -3.69. The molecule has 3 aromatic rings. The van der Waals surface area contributed by atoms with Gasteiger partial charge in [0.15, 0.2) is 17.5 Å². The fourth-order valence-corrected chi connectivity index (χ4v) is 4.16. The number of anilines is 2. The molecule has 34 heavy (non-hydrogen) atoms. The number of amides is 1. The van der Waals surface area contributed by atoms with E-state index in [2.05, 4.69) is 15.3 Å². The zero-order valence-electron chi connectivity index (χ0n) is 18.2. The second-order valence-corrected chi connectivity index (χ2v) is 8.54. The summed E-state index contributed by atoms with van der Waals surface area (Å²) in [7, 11) is 0. The lowest BCUT2D eigenvalue weighted by molar-refractivity contribution is -0.137. The van der Waals surface area contributed by atoms with Crippen LogP contribution in [0.3, 0.4) is 0 Å². The molecule has 0 bridgehead atoms. The lowest BCUT2D eigenvalue weighted by Gasteiger charge is -2.42. The quantitative estimate of drug-likeness (QED) is 0.541. The van der Waals surface area contributed by atoms with Crippen LogP contribution >= 0.6 is 11.6 Å². The van der Waals surface area contributed by atoms with Crippen LogP contribution in [0.5, 0.6) is 0 Å². The summed E-state index contributed by atoms with van der Waals surface area (Å²) in [6, 6.07) is 5.04. The summed E-state index contributed by atoms with van der Waals surface area (Å²) in [6.07, 6.45) is 1.29. The highest BCUT2D eigenvalue weighted by atomic mass is 35.5. The van der Waals surface area contributed by atoms with E-state index in [-0.39, 0.29) is 46.7 Å². The average Bonchev–Trinajstić information content (AvgIpc) is 3.17. The smallest absolute Gasteiger partial charge is 0.237 e. The van der Waals surface area contributed by atoms with E-state index in [4.69, 9.17) is 17.3 Å². The predicted octanol–water partition coefficient (Wildman–Crippen LogP) is 3.67. The molecular formula is C22H19ClF3N7O. The summed E-state index contributed by atoms with van der Waals surface area (Å²) < 4.78 is 43.5. The number of nitrogens with zero attached hydrogens (tertiary/aromatic N) is 5. The summed E-state index contributed by atoms with van der Waals surface area (Å²) in [5, 5.41) is 12.5. The van der Waals surface area contributed by atoms with E-state index < -0.39 is 23.0 Å². The van der Waals surface area contributed by atoms with Crippen molar-refractivity contribution in [1.82, 2.24) is 19.4 Å². The van der Waals surface area contributed by atoms with Crippen molar-refractivity contribution in [3.63, 3.8) is 0 Å². The first-order valence-corrected chi connectivity index (χ1v) is 10.6. The fourth-order valence-electron chi connectivity index (χ4n) is 4.02. The van der Waals surface area contributed by atoms with Crippen molar-refractivity contribution in [2.75, 3.05) is 18.4 Å². The Morgan fingerprint density at radius 1 is 1.26 bits per heavy atom. The normalized spacial score (nSPS) is 14.5. The van der Waals surface area contributed by atoms with Gasteiger partial charge in [0, 0.05) is 30.9 Å². The van der Waals surface area contributed by atoms with Crippen molar-refractivity contribution in [2.24, 2.45) is 5.73 Å². The molecule has 4 rings (SSSR count). The van der Waals surface area contributed by atoms with Gasteiger partial charge in [-0.05, 0) is 26.0 Å². The number of hydrogen-bond donors (Lipinski definition) is 2. The highest BCUT2D eigenvalue weighted by Crippen LogP contribution is 2.40. The number of halogens is 4. The van der Waals surface area contributed by atoms with Gasteiger partial charge in [0.05, 0.1) is 22.7 Å². The molecule has 0 saturated carbocycles. The van der Waals surface area contributed by atoms with E-state index in [0.717, 1.165) is 12.1 Å². The van der Waals surface area contributed by atoms with Crippen molar-refractivity contribution in [2.45, 2.75) is 25.9 Å². The molecule has 1 aromatic carbocycles. The van der Waals surface area contributed by atoms with Crippen LogP contribution in [-0.2, 0) is 16.9 Å². The van der Waals surface area contributed by atoms with Crippen LogP contribution < -0.4 is 11.1 Å². The van der Waals surface area contributed by atoms with Crippen molar-refractivity contribution < 1.29 is 18.0 Å². The third-order valence-electron chi connectivity index (χ3n) is 5.69. The van der Waals surface area contributed by atoms with E-state index in [0.29, 0.717) is 18.2 Å². The molecule has 12 heteroatoms. The molecule has 3 heterocycles. The Hall–Kier alpha value is -3.62. The Kier molecular flexibility index (Phi) is 5.97. The molecule has 2 aromatic heterocycles. The Morgan fingerprint density at radius 2 is 1.94 bits per heavy atom. The number of rotatable bonds is 4. The number of pyridine rings is 1. The van der Waals surface area contributed by atoms with Gasteiger partial charge in [0.2, 0.25) is 5.91 Å². The molecule has 0 fully saturated rings. The predicted molar refractivity (Wildman–Crippen MR) is 119 cm³/mol. The number of hydrogen-bond acceptors (Lipinski definition) is 6. The van der Waals surface area contributed by atoms with Gasteiger partial charge >= 0.3 is 0 Å². The molecule has 0 aliphatic carbocycles. The van der Waals surface area contributed by atoms with Crippen LogP contribution in [0.4, 0.5) is 24.8 Å². The van der Waals surface area contributed by atoms with Gasteiger partial charge in [-0.3, -0.25) is 4.79 Å². The maximum atomic E-state index is 14.1. The minimum Gasteiger partial charge on any atom is -0.327 e. The standard InChI is InChI=1S/C22H19ClF3N7O/c1-22(2)21-31-19(11-5-14(24)18(26)15(25)6-11)20(32(21)3-4-33(22)17(34)9-28)30-16-7-12(8-27)13(23)10-29-16/h5-7,10H,3-4,9,28H2,1-2H3,(H,29,30). The first-order valence-electron chi connectivity index (χ1n) is 10.2. The molecular weight excluding hydrogens is 471 g/mol. The molecule has 0 saturated heterocycles. The van der Waals surface area contributed by atoms with E-state index in [1.54, 1.807) is 23.3 Å². The number of benzene rings is 1. The minimum absolute atomic E-state index is 0.0252. The zero-order chi connectivity index (χ0) is 24.8. The SMILES string of the molecule is CC1(C)c2nc(-c3cc(F)c(F)c(F)c3)c(Nc3cc(C#N)c(Cl)cn3)n2CCN1C(=O)CN. The van der Waals surface area contributed by atoms with Crippen molar-refractivity contribution in [3.05, 3.63) is 58.3 Å². The van der Waals surface area contributed by atoms with E-state index in [1.807, 2.05) is 6.07 Å². The molecule has 0 spiro atoms. The lowest BCUT2D eigenvalue weighted by atomic mass is 9.99. The highest BCUT2D eigenvalue weighted by molar-refractivity contribution is 6.31. The van der Waals surface area contributed by atoms with Crippen LogP contribution in [0.2, 0.25) is 5.02 Å². The van der Waals surface area contributed by atoms with Crippen LogP contribution in [0.25, 0.3) is 11.3 Å². The monoisotopic (exact) mass is 489 g/mol. The first-order chi connectivity index (χ1) is 16.1. The van der Waals surface area contributed by atoms with Crippen LogP contribution in [0.1, 0.15) is 25.2 Å². The molecule has 0 unspecified atom stereocenters. The van der Waals surface area contributed by atoms with Gasteiger partial charge in [0.25, 0.3) is 0 Å². The van der Waals surface area contributed by atoms with Crippen molar-refractivity contribution in [3.8, 4) is 17.3 Å². The van der Waals surface area contributed by atoms with Crippen LogP contribution in [0.15, 0.2) is 24.4 Å². The number of fused-ring (bicyclic) bond motifs is 1. The summed E-state index contributed by atoms with van der Waals surface area (Å²) in [5.41, 5.74) is 4.89. The van der Waals surface area contributed by atoms with Gasteiger partial charge in [-0.25, -0.2) is 23.1 Å². The maximum Gasteiger partial charge on any atom is 0.237 e. The molecule has 1 aliphatic rings. The Morgan fingerprint density at radius 3 is 2.56 bits per heavy atom. The Bertz CT molecular complexity index is 1330. The molecule has 176 valence electrons. The second-order valence-electron chi connectivity index (χ2n) is 8.13. The fraction of sp³-hybridized carbons (Fsp3) is 0.273. The van der Waals surface area contributed by atoms with Crippen molar-refractivity contribution in [1.29, 1.82) is 5.26 Å². The van der Waals surface area contributed by atoms with Gasteiger partial charge in [-0.2, -0.15) is 5.26 Å². The van der Waals surface area contributed by atoms with E-state index in [9.17, 15) is 23.2 Å². The molecule has 0 atom stereocenters. The van der Waals surface area contributed by atoms with Crippen LogP contribution in [-0.4, -0.2) is 38.4 Å². The lowest BCUT2D eigenvalue weighted by Crippen LogP contribution is -2.53. The molecule has 1 aliphatic heterocycles. The van der Waals surface area contributed by atoms with E-state index >= 15 is 0 Å². The number of aromatic nitrogens is 3. The van der Waals surface area contributed by atoms with Gasteiger partial charge in [-0.1, -0.05) is 11.6 Å². The number of carbonyl (C=O) groups is 1. The number of imidazole rings is 1. The maximum absolute atomic E-state index is 14.1. The zero-order valence-corrected chi connectivity index (χ0v) is 18.9. The topological polar surface area (TPSA) is 113 Å². The number of nitrogens with one attached hydrogen (secondary N) is 1. The largest absolute Gasteiger partial charge is 0.327 e. The Labute approximate surface area is 197 Å². The molecule has 3 N–H and O–H groups in total. The summed E-state index contributed by atoms with van der Waals surface area (Å²) in [4.78, 5) is 22.8. The van der Waals surface area contributed by atoms with Crippen LogP contribution in [0, 0.1) is 28.8 Å². The van der Waals surface area contributed by atoms with E-state index in [1.165, 1.54) is 12.3 Å². The van der Waals surface area contributed by atoms with Gasteiger partial charge in [-0.15, -0.1) is 0 Å². The van der Waals surface area contributed by atoms with Gasteiger partial charge in [0.1, 0.15) is 29.2 Å². The highest BCUT2D eigenvalue weighted by Gasteiger charge is 2.41. The van der Waals surface area contributed by atoms with Gasteiger partial charge < -0.3 is 20.5 Å². The minimum atomic E-state index is -1.60. The third kappa shape index (κ3) is 3.85. The van der Waals surface area contributed by atoms with Crippen molar-refractivity contribution >= 4 is 29.1 Å². The second kappa shape index (κ2) is 8.62. The third-order valence-corrected chi connectivity index (χ3v) is 5.99. The number of nitriles is 1. The average molecular weight is 490 g/mol.